The Hall–Kier alpha value is -3.21. The molecule has 0 saturated carbocycles. The van der Waals surface area contributed by atoms with Crippen LogP contribution in [0.3, 0.4) is 0 Å². The van der Waals surface area contributed by atoms with E-state index in [9.17, 15) is 4.79 Å². The van der Waals surface area contributed by atoms with Crippen LogP contribution < -0.4 is 10.2 Å². The quantitative estimate of drug-likeness (QED) is 0.795. The zero-order chi connectivity index (χ0) is 17.2. The third-order valence-corrected chi connectivity index (χ3v) is 4.44. The number of anilines is 3. The number of hydrogen-bond donors (Lipinski definition) is 1. The van der Waals surface area contributed by atoms with E-state index in [0.717, 1.165) is 35.7 Å². The molecule has 0 spiro atoms. The SMILES string of the molecule is Cc1ccccc1NC(=O)c1cc(N2CCc3ccccc32)ncn1. The van der Waals surface area contributed by atoms with Gasteiger partial charge in [0.2, 0.25) is 0 Å². The molecule has 0 saturated heterocycles. The average molecular weight is 330 g/mol. The van der Waals surface area contributed by atoms with Gasteiger partial charge >= 0.3 is 0 Å². The minimum atomic E-state index is -0.231. The van der Waals surface area contributed by atoms with E-state index in [-0.39, 0.29) is 5.91 Å². The van der Waals surface area contributed by atoms with Gasteiger partial charge in [0.25, 0.3) is 5.91 Å². The molecule has 25 heavy (non-hydrogen) atoms. The number of benzene rings is 2. The predicted octanol–water partition coefficient (Wildman–Crippen LogP) is 3.73. The number of nitrogens with zero attached hydrogens (tertiary/aromatic N) is 3. The van der Waals surface area contributed by atoms with Crippen molar-refractivity contribution in [2.75, 3.05) is 16.8 Å². The molecule has 0 atom stereocenters. The van der Waals surface area contributed by atoms with Gasteiger partial charge in [-0.15, -0.1) is 0 Å². The van der Waals surface area contributed by atoms with Gasteiger partial charge in [-0.05, 0) is 36.6 Å². The first kappa shape index (κ1) is 15.3. The summed E-state index contributed by atoms with van der Waals surface area (Å²) in [6.45, 7) is 2.82. The van der Waals surface area contributed by atoms with Crippen molar-refractivity contribution in [3.05, 3.63) is 77.7 Å². The maximum atomic E-state index is 12.6. The fraction of sp³-hybridized carbons (Fsp3) is 0.150. The van der Waals surface area contributed by atoms with Crippen molar-refractivity contribution in [1.82, 2.24) is 9.97 Å². The Morgan fingerprint density at radius 2 is 1.88 bits per heavy atom. The number of amides is 1. The Labute approximate surface area is 146 Å². The smallest absolute Gasteiger partial charge is 0.274 e. The minimum absolute atomic E-state index is 0.231. The summed E-state index contributed by atoms with van der Waals surface area (Å²) in [4.78, 5) is 23.2. The molecule has 0 unspecified atom stereocenters. The van der Waals surface area contributed by atoms with Crippen molar-refractivity contribution in [1.29, 1.82) is 0 Å². The lowest BCUT2D eigenvalue weighted by Crippen LogP contribution is -2.18. The number of carbonyl (C=O) groups excluding carboxylic acids is 1. The third-order valence-electron chi connectivity index (χ3n) is 4.44. The van der Waals surface area contributed by atoms with Gasteiger partial charge in [0.15, 0.2) is 0 Å². The number of aromatic nitrogens is 2. The van der Waals surface area contributed by atoms with E-state index in [0.29, 0.717) is 5.69 Å². The van der Waals surface area contributed by atoms with E-state index in [1.54, 1.807) is 6.07 Å². The van der Waals surface area contributed by atoms with Gasteiger partial charge in [-0.3, -0.25) is 4.79 Å². The van der Waals surface area contributed by atoms with Crippen molar-refractivity contribution in [2.45, 2.75) is 13.3 Å². The van der Waals surface area contributed by atoms with Crippen LogP contribution in [0.1, 0.15) is 21.6 Å². The number of hydrogen-bond acceptors (Lipinski definition) is 4. The molecule has 0 aliphatic carbocycles. The largest absolute Gasteiger partial charge is 0.326 e. The molecule has 0 radical (unpaired) electrons. The zero-order valence-corrected chi connectivity index (χ0v) is 13.9. The second kappa shape index (κ2) is 6.36. The number of para-hydroxylation sites is 2. The molecule has 1 aromatic heterocycles. The maximum Gasteiger partial charge on any atom is 0.274 e. The van der Waals surface area contributed by atoms with Crippen LogP contribution in [0.4, 0.5) is 17.2 Å². The second-order valence-corrected chi connectivity index (χ2v) is 6.06. The van der Waals surface area contributed by atoms with Gasteiger partial charge < -0.3 is 10.2 Å². The van der Waals surface area contributed by atoms with Crippen molar-refractivity contribution in [3.63, 3.8) is 0 Å². The van der Waals surface area contributed by atoms with Crippen LogP contribution in [0.25, 0.3) is 0 Å². The Morgan fingerprint density at radius 3 is 2.76 bits per heavy atom. The van der Waals surface area contributed by atoms with Gasteiger partial charge in [0.05, 0.1) is 0 Å². The molecule has 0 bridgehead atoms. The van der Waals surface area contributed by atoms with Crippen LogP contribution in [0.5, 0.6) is 0 Å². The van der Waals surface area contributed by atoms with E-state index in [4.69, 9.17) is 0 Å². The van der Waals surface area contributed by atoms with Crippen LogP contribution in [-0.2, 0) is 6.42 Å². The van der Waals surface area contributed by atoms with Crippen molar-refractivity contribution < 1.29 is 4.79 Å². The summed E-state index contributed by atoms with van der Waals surface area (Å²) in [5, 5.41) is 2.92. The molecule has 3 aromatic rings. The number of carbonyl (C=O) groups is 1. The van der Waals surface area contributed by atoms with Gasteiger partial charge in [0, 0.05) is 24.0 Å². The lowest BCUT2D eigenvalue weighted by atomic mass is 10.2. The standard InChI is InChI=1S/C20H18N4O/c1-14-6-2-4-8-16(14)23-20(25)17-12-19(22-13-21-17)24-11-10-15-7-3-5-9-18(15)24/h2-9,12-13H,10-11H2,1H3,(H,23,25). The third kappa shape index (κ3) is 2.96. The van der Waals surface area contributed by atoms with Gasteiger partial charge in [-0.2, -0.15) is 0 Å². The van der Waals surface area contributed by atoms with Crippen LogP contribution in [0.2, 0.25) is 0 Å². The summed E-state index contributed by atoms with van der Waals surface area (Å²) >= 11 is 0. The molecule has 1 N–H and O–H groups in total. The minimum Gasteiger partial charge on any atom is -0.326 e. The molecule has 1 aliphatic heterocycles. The van der Waals surface area contributed by atoms with Crippen molar-refractivity contribution >= 4 is 23.1 Å². The highest BCUT2D eigenvalue weighted by molar-refractivity contribution is 6.03. The summed E-state index contributed by atoms with van der Waals surface area (Å²) in [6, 6.07) is 17.7. The summed E-state index contributed by atoms with van der Waals surface area (Å²) in [5.74, 6) is 0.514. The fourth-order valence-corrected chi connectivity index (χ4v) is 3.09. The first-order chi connectivity index (χ1) is 12.2. The molecule has 5 nitrogen and oxygen atoms in total. The highest BCUT2D eigenvalue weighted by Crippen LogP contribution is 2.33. The topological polar surface area (TPSA) is 58.1 Å². The number of fused-ring (bicyclic) bond motifs is 1. The monoisotopic (exact) mass is 330 g/mol. The molecule has 2 aromatic carbocycles. The lowest BCUT2D eigenvalue weighted by molar-refractivity contribution is 0.102. The summed E-state index contributed by atoms with van der Waals surface area (Å²) in [6.07, 6.45) is 2.42. The molecule has 5 heteroatoms. The first-order valence-electron chi connectivity index (χ1n) is 8.27. The molecule has 4 rings (SSSR count). The molecule has 124 valence electrons. The van der Waals surface area contributed by atoms with Gasteiger partial charge in [-0.1, -0.05) is 36.4 Å². The maximum absolute atomic E-state index is 12.6. The molecule has 1 aliphatic rings. The number of aryl methyl sites for hydroxylation is 1. The Balaban J connectivity index is 1.60. The van der Waals surface area contributed by atoms with Crippen LogP contribution in [0.15, 0.2) is 60.9 Å². The van der Waals surface area contributed by atoms with Gasteiger partial charge in [-0.25, -0.2) is 9.97 Å². The van der Waals surface area contributed by atoms with E-state index < -0.39 is 0 Å². The lowest BCUT2D eigenvalue weighted by Gasteiger charge is -2.18. The Bertz CT molecular complexity index is 938. The molecule has 0 fully saturated rings. The van der Waals surface area contributed by atoms with Crippen molar-refractivity contribution in [3.8, 4) is 0 Å². The molecular formula is C20H18N4O. The number of nitrogens with one attached hydrogen (secondary N) is 1. The molecule has 1 amide bonds. The van der Waals surface area contributed by atoms with Gasteiger partial charge in [0.1, 0.15) is 17.8 Å². The van der Waals surface area contributed by atoms with E-state index in [1.807, 2.05) is 43.3 Å². The summed E-state index contributed by atoms with van der Waals surface area (Å²) in [5.41, 5.74) is 4.61. The predicted molar refractivity (Wildman–Crippen MR) is 98.3 cm³/mol. The summed E-state index contributed by atoms with van der Waals surface area (Å²) in [7, 11) is 0. The van der Waals surface area contributed by atoms with Crippen molar-refractivity contribution in [2.24, 2.45) is 0 Å². The zero-order valence-electron chi connectivity index (χ0n) is 13.9. The van der Waals surface area contributed by atoms with E-state index in [2.05, 4.69) is 32.3 Å². The Kier molecular flexibility index (Phi) is 3.90. The molecular weight excluding hydrogens is 312 g/mol. The fourth-order valence-electron chi connectivity index (χ4n) is 3.09. The first-order valence-corrected chi connectivity index (χ1v) is 8.27. The van der Waals surface area contributed by atoms with Crippen LogP contribution in [0, 0.1) is 6.92 Å². The normalized spacial score (nSPS) is 12.8. The van der Waals surface area contributed by atoms with E-state index >= 15 is 0 Å². The van der Waals surface area contributed by atoms with Crippen LogP contribution >= 0.6 is 0 Å². The Morgan fingerprint density at radius 1 is 1.08 bits per heavy atom. The highest BCUT2D eigenvalue weighted by Gasteiger charge is 2.22. The molecule has 2 heterocycles. The highest BCUT2D eigenvalue weighted by atomic mass is 16.1. The second-order valence-electron chi connectivity index (χ2n) is 6.06. The summed E-state index contributed by atoms with van der Waals surface area (Å²) < 4.78 is 0. The van der Waals surface area contributed by atoms with Crippen LogP contribution in [-0.4, -0.2) is 22.4 Å². The number of rotatable bonds is 3. The average Bonchev–Trinajstić information content (AvgIpc) is 3.08. The van der Waals surface area contributed by atoms with E-state index in [1.165, 1.54) is 11.9 Å².